The van der Waals surface area contributed by atoms with Gasteiger partial charge < -0.3 is 4.90 Å². The lowest BCUT2D eigenvalue weighted by molar-refractivity contribution is 0.0970. The van der Waals surface area contributed by atoms with Crippen LogP contribution in [0.1, 0.15) is 10.4 Å². The number of allylic oxidation sites excluding steroid dienone is 4. The van der Waals surface area contributed by atoms with E-state index >= 15 is 0 Å². The van der Waals surface area contributed by atoms with Crippen LogP contribution in [0.5, 0.6) is 0 Å². The summed E-state index contributed by atoms with van der Waals surface area (Å²) in [6.45, 7) is 0.267. The van der Waals surface area contributed by atoms with E-state index in [-0.39, 0.29) is 12.3 Å². The third kappa shape index (κ3) is 2.96. The van der Waals surface area contributed by atoms with Crippen molar-refractivity contribution in [2.45, 2.75) is 0 Å². The molecule has 1 heterocycles. The zero-order valence-corrected chi connectivity index (χ0v) is 9.78. The van der Waals surface area contributed by atoms with Gasteiger partial charge in [-0.3, -0.25) is 4.79 Å². The highest BCUT2D eigenvalue weighted by Gasteiger charge is 2.08. The first-order valence-corrected chi connectivity index (χ1v) is 5.60. The molecular weight excluding hydrogens is 224 g/mol. The van der Waals surface area contributed by atoms with Crippen molar-refractivity contribution in [2.75, 3.05) is 6.54 Å². The minimum Gasteiger partial charge on any atom is -0.347 e. The number of ketones is 1. The van der Waals surface area contributed by atoms with Crippen LogP contribution < -0.4 is 0 Å². The van der Waals surface area contributed by atoms with Gasteiger partial charge in [-0.25, -0.2) is 0 Å². The number of hydrogen-bond acceptors (Lipinski definition) is 3. The molecule has 0 N–H and O–H groups in total. The van der Waals surface area contributed by atoms with Crippen molar-refractivity contribution in [2.24, 2.45) is 0 Å². The summed E-state index contributed by atoms with van der Waals surface area (Å²) in [5.74, 6) is 0.0466. The van der Waals surface area contributed by atoms with Gasteiger partial charge in [0.2, 0.25) is 0 Å². The standard InChI is InChI=1S/C15H12N2O/c16-11-13-5-4-9-17(10-8-13)12-15(18)14-6-2-1-3-7-14/h1-10H,12H2. The lowest BCUT2D eigenvalue weighted by Crippen LogP contribution is -2.19. The van der Waals surface area contributed by atoms with Gasteiger partial charge in [-0.05, 0) is 18.2 Å². The van der Waals surface area contributed by atoms with Crippen molar-refractivity contribution in [3.05, 3.63) is 72.1 Å². The molecule has 1 aromatic rings. The molecule has 0 aromatic heterocycles. The summed E-state index contributed by atoms with van der Waals surface area (Å²) in [6.07, 6.45) is 8.68. The lowest BCUT2D eigenvalue weighted by Gasteiger charge is -2.13. The second kappa shape index (κ2) is 5.65. The molecule has 0 spiro atoms. The first-order chi connectivity index (χ1) is 8.79. The topological polar surface area (TPSA) is 44.1 Å². The number of nitriles is 1. The fourth-order valence-electron chi connectivity index (χ4n) is 1.60. The Kier molecular flexibility index (Phi) is 3.72. The summed E-state index contributed by atoms with van der Waals surface area (Å²) in [7, 11) is 0. The lowest BCUT2D eigenvalue weighted by atomic mass is 10.1. The third-order valence-corrected chi connectivity index (χ3v) is 2.55. The van der Waals surface area contributed by atoms with Crippen LogP contribution in [0.15, 0.2) is 66.5 Å². The molecule has 0 fully saturated rings. The number of carbonyl (C=O) groups is 1. The zero-order chi connectivity index (χ0) is 12.8. The summed E-state index contributed by atoms with van der Waals surface area (Å²) in [5.41, 5.74) is 1.26. The highest BCUT2D eigenvalue weighted by Crippen LogP contribution is 2.07. The van der Waals surface area contributed by atoms with Crippen molar-refractivity contribution >= 4 is 5.78 Å². The molecule has 3 heteroatoms. The fraction of sp³-hybridized carbons (Fsp3) is 0.0667. The molecule has 88 valence electrons. The first-order valence-electron chi connectivity index (χ1n) is 5.60. The zero-order valence-electron chi connectivity index (χ0n) is 9.78. The monoisotopic (exact) mass is 236 g/mol. The first kappa shape index (κ1) is 11.9. The van der Waals surface area contributed by atoms with Crippen LogP contribution in [-0.4, -0.2) is 17.2 Å². The van der Waals surface area contributed by atoms with Gasteiger partial charge in [0.15, 0.2) is 5.78 Å². The Morgan fingerprint density at radius 3 is 2.72 bits per heavy atom. The van der Waals surface area contributed by atoms with Gasteiger partial charge in [-0.2, -0.15) is 5.26 Å². The predicted octanol–water partition coefficient (Wildman–Crippen LogP) is 2.66. The molecule has 1 aliphatic heterocycles. The largest absolute Gasteiger partial charge is 0.347 e. The molecule has 0 saturated heterocycles. The molecule has 1 aliphatic rings. The summed E-state index contributed by atoms with van der Waals surface area (Å²) in [6, 6.07) is 11.2. The van der Waals surface area contributed by atoms with Crippen molar-refractivity contribution in [1.29, 1.82) is 5.26 Å². The van der Waals surface area contributed by atoms with E-state index in [0.29, 0.717) is 11.1 Å². The average Bonchev–Trinajstić information content (AvgIpc) is 2.65. The third-order valence-electron chi connectivity index (χ3n) is 2.55. The number of carbonyl (C=O) groups excluding carboxylic acids is 1. The molecule has 1 aromatic carbocycles. The van der Waals surface area contributed by atoms with Crippen LogP contribution in [0.25, 0.3) is 0 Å². The highest BCUT2D eigenvalue weighted by molar-refractivity contribution is 5.97. The Morgan fingerprint density at radius 1 is 1.22 bits per heavy atom. The smallest absolute Gasteiger partial charge is 0.182 e. The van der Waals surface area contributed by atoms with Crippen LogP contribution in [0.3, 0.4) is 0 Å². The van der Waals surface area contributed by atoms with Gasteiger partial charge in [0, 0.05) is 18.0 Å². The maximum atomic E-state index is 12.0. The minimum absolute atomic E-state index is 0.0466. The van der Waals surface area contributed by atoms with Gasteiger partial charge in [-0.1, -0.05) is 30.3 Å². The molecular formula is C15H12N2O. The van der Waals surface area contributed by atoms with Crippen LogP contribution >= 0.6 is 0 Å². The van der Waals surface area contributed by atoms with Crippen LogP contribution in [-0.2, 0) is 0 Å². The Labute approximate surface area is 106 Å². The molecule has 0 aliphatic carbocycles. The Morgan fingerprint density at radius 2 is 2.00 bits per heavy atom. The van der Waals surface area contributed by atoms with Crippen LogP contribution in [0.2, 0.25) is 0 Å². The predicted molar refractivity (Wildman–Crippen MR) is 69.5 cm³/mol. The van der Waals surface area contributed by atoms with Crippen molar-refractivity contribution in [3.63, 3.8) is 0 Å². The van der Waals surface area contributed by atoms with E-state index in [0.717, 1.165) is 0 Å². The number of hydrogen-bond donors (Lipinski definition) is 0. The van der Waals surface area contributed by atoms with Crippen molar-refractivity contribution < 1.29 is 4.79 Å². The molecule has 18 heavy (non-hydrogen) atoms. The second-order valence-corrected chi connectivity index (χ2v) is 3.85. The van der Waals surface area contributed by atoms with E-state index in [2.05, 4.69) is 6.07 Å². The van der Waals surface area contributed by atoms with Gasteiger partial charge in [-0.15, -0.1) is 0 Å². The van der Waals surface area contributed by atoms with E-state index in [1.54, 1.807) is 47.7 Å². The molecule has 3 nitrogen and oxygen atoms in total. The summed E-state index contributed by atoms with van der Waals surface area (Å²) < 4.78 is 0. The molecule has 0 saturated carbocycles. The molecule has 0 amide bonds. The molecule has 2 rings (SSSR count). The van der Waals surface area contributed by atoms with Gasteiger partial charge >= 0.3 is 0 Å². The normalized spacial score (nSPS) is 13.7. The molecule has 0 unspecified atom stereocenters. The van der Waals surface area contributed by atoms with Gasteiger partial charge in [0.1, 0.15) is 0 Å². The molecule has 0 bridgehead atoms. The quantitative estimate of drug-likeness (QED) is 0.758. The highest BCUT2D eigenvalue weighted by atomic mass is 16.1. The Hall–Kier alpha value is -2.60. The van der Waals surface area contributed by atoms with E-state index < -0.39 is 0 Å². The van der Waals surface area contributed by atoms with Gasteiger partial charge in [0.25, 0.3) is 0 Å². The van der Waals surface area contributed by atoms with Crippen molar-refractivity contribution in [1.82, 2.24) is 4.90 Å². The Balaban J connectivity index is 2.04. The molecule has 0 atom stereocenters. The maximum Gasteiger partial charge on any atom is 0.182 e. The number of Topliss-reactive ketones (excluding diaryl/α,β-unsaturated/α-hetero) is 1. The average molecular weight is 236 g/mol. The van der Waals surface area contributed by atoms with E-state index in [1.165, 1.54) is 0 Å². The van der Waals surface area contributed by atoms with Gasteiger partial charge in [0.05, 0.1) is 18.2 Å². The fourth-order valence-corrected chi connectivity index (χ4v) is 1.60. The number of rotatable bonds is 3. The van der Waals surface area contributed by atoms with E-state index in [9.17, 15) is 4.79 Å². The molecule has 0 radical (unpaired) electrons. The summed E-state index contributed by atoms with van der Waals surface area (Å²) >= 11 is 0. The maximum absolute atomic E-state index is 12.0. The van der Waals surface area contributed by atoms with E-state index in [1.807, 2.05) is 18.2 Å². The number of nitrogens with zero attached hydrogens (tertiary/aromatic N) is 2. The van der Waals surface area contributed by atoms with Crippen LogP contribution in [0, 0.1) is 11.3 Å². The second-order valence-electron chi connectivity index (χ2n) is 3.85. The van der Waals surface area contributed by atoms with E-state index in [4.69, 9.17) is 5.26 Å². The SMILES string of the molecule is N#CC1=CC=CN(CC(=O)c2ccccc2)C=C1. The van der Waals surface area contributed by atoms with Crippen LogP contribution in [0.4, 0.5) is 0 Å². The summed E-state index contributed by atoms with van der Waals surface area (Å²) in [5, 5.41) is 8.77. The number of benzene rings is 1. The van der Waals surface area contributed by atoms with Crippen molar-refractivity contribution in [3.8, 4) is 6.07 Å². The Bertz CT molecular complexity index is 562. The minimum atomic E-state index is 0.0466. The summed E-state index contributed by atoms with van der Waals surface area (Å²) in [4.78, 5) is 13.7.